The van der Waals surface area contributed by atoms with Gasteiger partial charge in [-0.2, -0.15) is 4.31 Å². The Morgan fingerprint density at radius 3 is 2.45 bits per heavy atom. The highest BCUT2D eigenvalue weighted by Crippen LogP contribution is 2.32. The Labute approximate surface area is 126 Å². The Balaban J connectivity index is 2.20. The minimum atomic E-state index is -3.37. The maximum Gasteiger partial charge on any atom is 0.252 e. The van der Waals surface area contributed by atoms with Gasteiger partial charge in [0.25, 0.3) is 10.0 Å². The van der Waals surface area contributed by atoms with Crippen molar-refractivity contribution in [3.63, 3.8) is 0 Å². The van der Waals surface area contributed by atoms with E-state index in [0.29, 0.717) is 10.8 Å². The van der Waals surface area contributed by atoms with Crippen molar-refractivity contribution in [2.75, 3.05) is 7.05 Å². The molecule has 0 radical (unpaired) electrons. The molecule has 0 unspecified atom stereocenters. The zero-order valence-corrected chi connectivity index (χ0v) is 14.1. The third-order valence-corrected chi connectivity index (χ3v) is 7.93. The summed E-state index contributed by atoms with van der Waals surface area (Å²) in [6.45, 7) is 4.55. The number of nitrogens with zero attached hydrogens (tertiary/aromatic N) is 1. The van der Waals surface area contributed by atoms with E-state index in [4.69, 9.17) is 5.73 Å². The highest BCUT2D eigenvalue weighted by atomic mass is 32.2. The Morgan fingerprint density at radius 1 is 1.35 bits per heavy atom. The van der Waals surface area contributed by atoms with Gasteiger partial charge in [-0.1, -0.05) is 6.92 Å². The zero-order chi connectivity index (χ0) is 14.9. The second-order valence-corrected chi connectivity index (χ2v) is 9.17. The van der Waals surface area contributed by atoms with Gasteiger partial charge in [-0.3, -0.25) is 0 Å². The van der Waals surface area contributed by atoms with Gasteiger partial charge in [0.1, 0.15) is 4.21 Å². The normalized spacial score (nSPS) is 24.2. The summed E-state index contributed by atoms with van der Waals surface area (Å²) < 4.78 is 27.4. The maximum absolute atomic E-state index is 12.7. The Kier molecular flexibility index (Phi) is 4.89. The van der Waals surface area contributed by atoms with E-state index >= 15 is 0 Å². The quantitative estimate of drug-likeness (QED) is 0.929. The lowest BCUT2D eigenvalue weighted by Gasteiger charge is -2.32. The lowest BCUT2D eigenvalue weighted by Crippen LogP contribution is -2.38. The summed E-state index contributed by atoms with van der Waals surface area (Å²) in [7, 11) is -1.66. The van der Waals surface area contributed by atoms with Crippen LogP contribution in [0.15, 0.2) is 10.3 Å². The first kappa shape index (κ1) is 15.9. The lowest BCUT2D eigenvalue weighted by atomic mass is 9.87. The van der Waals surface area contributed by atoms with Crippen LogP contribution < -0.4 is 5.73 Å². The van der Waals surface area contributed by atoms with Crippen molar-refractivity contribution in [3.8, 4) is 0 Å². The number of sulfonamides is 1. The van der Waals surface area contributed by atoms with Gasteiger partial charge in [0.2, 0.25) is 0 Å². The number of rotatable bonds is 4. The topological polar surface area (TPSA) is 63.4 Å². The van der Waals surface area contributed by atoms with Crippen LogP contribution in [0.2, 0.25) is 0 Å². The van der Waals surface area contributed by atoms with Crippen molar-refractivity contribution < 1.29 is 8.42 Å². The summed E-state index contributed by atoms with van der Waals surface area (Å²) in [6.07, 6.45) is 4.15. The first-order valence-corrected chi connectivity index (χ1v) is 9.39. The predicted octanol–water partition coefficient (Wildman–Crippen LogP) is 2.71. The van der Waals surface area contributed by atoms with Crippen LogP contribution in [0.5, 0.6) is 0 Å². The van der Waals surface area contributed by atoms with E-state index in [0.717, 1.165) is 42.0 Å². The molecule has 4 nitrogen and oxygen atoms in total. The molecule has 114 valence electrons. The van der Waals surface area contributed by atoms with Crippen molar-refractivity contribution >= 4 is 21.4 Å². The molecule has 0 saturated heterocycles. The van der Waals surface area contributed by atoms with E-state index in [9.17, 15) is 8.42 Å². The molecular weight excluding hydrogens is 292 g/mol. The second kappa shape index (κ2) is 6.13. The van der Waals surface area contributed by atoms with Crippen LogP contribution in [-0.2, 0) is 16.6 Å². The van der Waals surface area contributed by atoms with E-state index < -0.39 is 10.0 Å². The van der Waals surface area contributed by atoms with Gasteiger partial charge in [-0.15, -0.1) is 11.3 Å². The van der Waals surface area contributed by atoms with E-state index in [1.165, 1.54) is 11.3 Å². The third kappa shape index (κ3) is 3.08. The molecule has 1 aliphatic rings. The van der Waals surface area contributed by atoms with Gasteiger partial charge < -0.3 is 5.73 Å². The first-order valence-electron chi connectivity index (χ1n) is 7.13. The van der Waals surface area contributed by atoms with Crippen LogP contribution in [0.1, 0.15) is 43.0 Å². The average molecular weight is 316 g/mol. The third-order valence-electron chi connectivity index (χ3n) is 4.32. The molecule has 20 heavy (non-hydrogen) atoms. The molecule has 0 spiro atoms. The summed E-state index contributed by atoms with van der Waals surface area (Å²) >= 11 is 1.30. The predicted molar refractivity (Wildman–Crippen MR) is 83.3 cm³/mol. The van der Waals surface area contributed by atoms with Gasteiger partial charge in [0.15, 0.2) is 0 Å². The Bertz CT molecular complexity index is 558. The minimum absolute atomic E-state index is 0.139. The highest BCUT2D eigenvalue weighted by molar-refractivity contribution is 7.91. The summed E-state index contributed by atoms with van der Waals surface area (Å²) in [5.74, 6) is 0.718. The molecule has 2 rings (SSSR count). The van der Waals surface area contributed by atoms with Gasteiger partial charge in [0.05, 0.1) is 0 Å². The van der Waals surface area contributed by atoms with E-state index in [1.54, 1.807) is 17.4 Å². The van der Waals surface area contributed by atoms with Gasteiger partial charge in [-0.25, -0.2) is 8.42 Å². The summed E-state index contributed by atoms with van der Waals surface area (Å²) in [5.41, 5.74) is 6.62. The lowest BCUT2D eigenvalue weighted by molar-refractivity contribution is 0.246. The summed E-state index contributed by atoms with van der Waals surface area (Å²) in [5, 5.41) is 0. The van der Waals surface area contributed by atoms with Crippen LogP contribution in [0.4, 0.5) is 0 Å². The average Bonchev–Trinajstić information content (AvgIpc) is 2.80. The van der Waals surface area contributed by atoms with Crippen molar-refractivity contribution in [2.45, 2.75) is 56.3 Å². The molecule has 1 aliphatic carbocycles. The largest absolute Gasteiger partial charge is 0.326 e. The van der Waals surface area contributed by atoms with Gasteiger partial charge >= 0.3 is 0 Å². The monoisotopic (exact) mass is 316 g/mol. The summed E-state index contributed by atoms with van der Waals surface area (Å²) in [4.78, 5) is 0.953. The summed E-state index contributed by atoms with van der Waals surface area (Å²) in [6, 6.07) is 1.89. The molecule has 6 heteroatoms. The molecule has 1 aromatic heterocycles. The molecule has 1 saturated carbocycles. The van der Waals surface area contributed by atoms with E-state index in [-0.39, 0.29) is 6.04 Å². The molecule has 0 atom stereocenters. The number of thiophene rings is 1. The smallest absolute Gasteiger partial charge is 0.252 e. The fourth-order valence-corrected chi connectivity index (χ4v) is 5.83. The van der Waals surface area contributed by atoms with Crippen molar-refractivity contribution in [1.82, 2.24) is 4.31 Å². The number of hydrogen-bond acceptors (Lipinski definition) is 4. The van der Waals surface area contributed by atoms with Crippen molar-refractivity contribution in [3.05, 3.63) is 16.5 Å². The Morgan fingerprint density at radius 2 is 1.95 bits per heavy atom. The Hall–Kier alpha value is -0.430. The molecule has 2 N–H and O–H groups in total. The molecule has 1 fully saturated rings. The van der Waals surface area contributed by atoms with Crippen LogP contribution in [-0.4, -0.2) is 25.8 Å². The van der Waals surface area contributed by atoms with Crippen molar-refractivity contribution in [2.24, 2.45) is 11.7 Å². The molecular formula is C14H24N2O2S2. The number of nitrogens with two attached hydrogens (primary N) is 1. The van der Waals surface area contributed by atoms with Crippen LogP contribution >= 0.6 is 11.3 Å². The van der Waals surface area contributed by atoms with Crippen molar-refractivity contribution in [1.29, 1.82) is 0 Å². The number of aryl methyl sites for hydroxylation is 1. The molecule has 1 heterocycles. The molecule has 0 bridgehead atoms. The van der Waals surface area contributed by atoms with Gasteiger partial charge in [0, 0.05) is 24.5 Å². The zero-order valence-electron chi connectivity index (χ0n) is 12.4. The molecule has 0 aliphatic heterocycles. The van der Waals surface area contributed by atoms with Crippen LogP contribution in [0.3, 0.4) is 0 Å². The molecule has 0 aromatic carbocycles. The first-order chi connectivity index (χ1) is 9.36. The highest BCUT2D eigenvalue weighted by Gasteiger charge is 2.31. The fraction of sp³-hybridized carbons (Fsp3) is 0.714. The molecule has 0 amide bonds. The second-order valence-electron chi connectivity index (χ2n) is 5.81. The standard InChI is InChI=1S/C14H24N2O2S2/c1-10-4-6-12(7-5-10)16(3)20(17,18)14-8-11(2)13(9-15)19-14/h8,10,12H,4-7,9,15H2,1-3H3. The maximum atomic E-state index is 12.7. The van der Waals surface area contributed by atoms with Crippen LogP contribution in [0.25, 0.3) is 0 Å². The SMILES string of the molecule is Cc1cc(S(=O)(=O)N(C)C2CCC(C)CC2)sc1CN. The molecule has 1 aromatic rings. The minimum Gasteiger partial charge on any atom is -0.326 e. The van der Waals surface area contributed by atoms with E-state index in [1.807, 2.05) is 6.92 Å². The van der Waals surface area contributed by atoms with Crippen LogP contribution in [0, 0.1) is 12.8 Å². The number of hydrogen-bond donors (Lipinski definition) is 1. The van der Waals surface area contributed by atoms with E-state index in [2.05, 4.69) is 6.92 Å². The fourth-order valence-electron chi connectivity index (χ4n) is 2.76. The van der Waals surface area contributed by atoms with Gasteiger partial charge in [-0.05, 0) is 50.2 Å².